The molecule has 0 atom stereocenters. The van der Waals surface area contributed by atoms with Crippen molar-refractivity contribution in [2.24, 2.45) is 5.92 Å². The zero-order chi connectivity index (χ0) is 12.2. The molecular formula is C11H16F2O3. The van der Waals surface area contributed by atoms with Gasteiger partial charge in [0.25, 0.3) is 0 Å². The highest BCUT2D eigenvalue weighted by Gasteiger charge is 2.35. The van der Waals surface area contributed by atoms with E-state index in [2.05, 4.69) is 4.74 Å². The van der Waals surface area contributed by atoms with Crippen LogP contribution in [0.4, 0.5) is 8.78 Å². The molecule has 0 N–H and O–H groups in total. The standard InChI is InChI=1S/C11H16F2O3/c1-16-10(15)7-9(14)6-8-2-4-11(12,13)5-3-8/h8H,2-7H2,1H3. The predicted molar refractivity (Wildman–Crippen MR) is 53.2 cm³/mol. The quantitative estimate of drug-likeness (QED) is 0.554. The van der Waals surface area contributed by atoms with Gasteiger partial charge in [0.15, 0.2) is 0 Å². The van der Waals surface area contributed by atoms with Gasteiger partial charge in [0.05, 0.1) is 7.11 Å². The third-order valence-corrected chi connectivity index (χ3v) is 2.92. The minimum Gasteiger partial charge on any atom is -0.469 e. The molecule has 92 valence electrons. The van der Waals surface area contributed by atoms with Crippen molar-refractivity contribution in [3.63, 3.8) is 0 Å². The molecule has 3 nitrogen and oxygen atoms in total. The van der Waals surface area contributed by atoms with E-state index >= 15 is 0 Å². The Morgan fingerprint density at radius 1 is 1.31 bits per heavy atom. The predicted octanol–water partition coefficient (Wildman–Crippen LogP) is 2.33. The molecular weight excluding hydrogens is 218 g/mol. The van der Waals surface area contributed by atoms with Crippen LogP contribution in [-0.4, -0.2) is 24.8 Å². The smallest absolute Gasteiger partial charge is 0.313 e. The first-order valence-electron chi connectivity index (χ1n) is 5.39. The fourth-order valence-electron chi connectivity index (χ4n) is 1.93. The van der Waals surface area contributed by atoms with Crippen LogP contribution in [0, 0.1) is 5.92 Å². The van der Waals surface area contributed by atoms with E-state index in [4.69, 9.17) is 0 Å². The average Bonchev–Trinajstić information content (AvgIpc) is 2.21. The van der Waals surface area contributed by atoms with Crippen molar-refractivity contribution < 1.29 is 23.1 Å². The molecule has 0 spiro atoms. The molecule has 0 aromatic rings. The first kappa shape index (κ1) is 13.1. The number of ketones is 1. The SMILES string of the molecule is COC(=O)CC(=O)CC1CCC(F)(F)CC1. The Morgan fingerprint density at radius 2 is 1.88 bits per heavy atom. The highest BCUT2D eigenvalue weighted by Crippen LogP contribution is 2.37. The van der Waals surface area contributed by atoms with Crippen molar-refractivity contribution in [3.8, 4) is 0 Å². The lowest BCUT2D eigenvalue weighted by atomic mass is 9.83. The zero-order valence-corrected chi connectivity index (χ0v) is 9.30. The molecule has 1 aliphatic rings. The van der Waals surface area contributed by atoms with Crippen LogP contribution in [0.1, 0.15) is 38.5 Å². The Kier molecular flexibility index (Phi) is 4.38. The number of ether oxygens (including phenoxy) is 1. The number of hydrogen-bond acceptors (Lipinski definition) is 3. The molecule has 0 bridgehead atoms. The number of alkyl halides is 2. The second-order valence-electron chi connectivity index (χ2n) is 4.30. The number of esters is 1. The molecule has 0 aromatic heterocycles. The number of halogens is 2. The molecule has 1 saturated carbocycles. The molecule has 5 heteroatoms. The number of hydrogen-bond donors (Lipinski definition) is 0. The minimum atomic E-state index is -2.57. The highest BCUT2D eigenvalue weighted by atomic mass is 19.3. The summed E-state index contributed by atoms with van der Waals surface area (Å²) in [7, 11) is 1.22. The summed E-state index contributed by atoms with van der Waals surface area (Å²) in [5, 5.41) is 0. The maximum absolute atomic E-state index is 12.8. The summed E-state index contributed by atoms with van der Waals surface area (Å²) in [6.07, 6.45) is 0.390. The summed E-state index contributed by atoms with van der Waals surface area (Å²) in [5.41, 5.74) is 0. The van der Waals surface area contributed by atoms with Crippen LogP contribution < -0.4 is 0 Å². The van der Waals surface area contributed by atoms with Gasteiger partial charge < -0.3 is 4.74 Å². The van der Waals surface area contributed by atoms with Crippen LogP contribution in [0.2, 0.25) is 0 Å². The van der Waals surface area contributed by atoms with Crippen LogP contribution in [-0.2, 0) is 14.3 Å². The topological polar surface area (TPSA) is 43.4 Å². The lowest BCUT2D eigenvalue weighted by molar-refractivity contribution is -0.143. The molecule has 0 unspecified atom stereocenters. The summed E-state index contributed by atoms with van der Waals surface area (Å²) in [6, 6.07) is 0. The molecule has 0 saturated heterocycles. The molecule has 0 amide bonds. The van der Waals surface area contributed by atoms with E-state index in [1.54, 1.807) is 0 Å². The second kappa shape index (κ2) is 5.37. The van der Waals surface area contributed by atoms with Gasteiger partial charge in [-0.1, -0.05) is 0 Å². The third-order valence-electron chi connectivity index (χ3n) is 2.92. The fourth-order valence-corrected chi connectivity index (χ4v) is 1.93. The molecule has 0 radical (unpaired) electrons. The van der Waals surface area contributed by atoms with Crippen molar-refractivity contribution in [2.45, 2.75) is 44.4 Å². The van der Waals surface area contributed by atoms with Gasteiger partial charge in [0.1, 0.15) is 12.2 Å². The molecule has 0 heterocycles. The summed E-state index contributed by atoms with van der Waals surface area (Å²) in [5.74, 6) is -3.35. The molecule has 1 fully saturated rings. The van der Waals surface area contributed by atoms with Crippen LogP contribution >= 0.6 is 0 Å². The lowest BCUT2D eigenvalue weighted by Gasteiger charge is -2.27. The number of rotatable bonds is 4. The average molecular weight is 234 g/mol. The summed E-state index contributed by atoms with van der Waals surface area (Å²) < 4.78 is 30.0. The third kappa shape index (κ3) is 4.24. The number of Topliss-reactive ketones (excluding diaryl/α,β-unsaturated/α-hetero) is 1. The van der Waals surface area contributed by atoms with Crippen molar-refractivity contribution in [1.82, 2.24) is 0 Å². The van der Waals surface area contributed by atoms with Crippen LogP contribution in [0.25, 0.3) is 0 Å². The molecule has 0 aromatic carbocycles. The van der Waals surface area contributed by atoms with Crippen LogP contribution in [0.5, 0.6) is 0 Å². The summed E-state index contributed by atoms with van der Waals surface area (Å²) >= 11 is 0. The highest BCUT2D eigenvalue weighted by molar-refractivity contribution is 5.95. The van der Waals surface area contributed by atoms with Crippen molar-refractivity contribution >= 4 is 11.8 Å². The Hall–Kier alpha value is -1.00. The van der Waals surface area contributed by atoms with E-state index in [1.807, 2.05) is 0 Å². The molecule has 1 rings (SSSR count). The van der Waals surface area contributed by atoms with Crippen LogP contribution in [0.15, 0.2) is 0 Å². The monoisotopic (exact) mass is 234 g/mol. The van der Waals surface area contributed by atoms with Crippen LogP contribution in [0.3, 0.4) is 0 Å². The zero-order valence-electron chi connectivity index (χ0n) is 9.30. The van der Waals surface area contributed by atoms with Gasteiger partial charge in [-0.05, 0) is 18.8 Å². The molecule has 0 aliphatic heterocycles. The van der Waals surface area contributed by atoms with E-state index in [9.17, 15) is 18.4 Å². The van der Waals surface area contributed by atoms with Gasteiger partial charge in [-0.2, -0.15) is 0 Å². The number of carbonyl (C=O) groups is 2. The number of methoxy groups -OCH3 is 1. The Bertz CT molecular complexity index is 266. The fraction of sp³-hybridized carbons (Fsp3) is 0.818. The Labute approximate surface area is 93.2 Å². The van der Waals surface area contributed by atoms with E-state index < -0.39 is 11.9 Å². The number of carbonyl (C=O) groups excluding carboxylic acids is 2. The molecule has 16 heavy (non-hydrogen) atoms. The van der Waals surface area contributed by atoms with E-state index in [1.165, 1.54) is 7.11 Å². The lowest BCUT2D eigenvalue weighted by Crippen LogP contribution is -2.26. The van der Waals surface area contributed by atoms with Gasteiger partial charge in [-0.3, -0.25) is 9.59 Å². The first-order chi connectivity index (χ1) is 7.43. The normalized spacial score (nSPS) is 20.4. The maximum Gasteiger partial charge on any atom is 0.313 e. The second-order valence-corrected chi connectivity index (χ2v) is 4.30. The molecule has 1 aliphatic carbocycles. The van der Waals surface area contributed by atoms with Gasteiger partial charge >= 0.3 is 5.97 Å². The van der Waals surface area contributed by atoms with Gasteiger partial charge in [0, 0.05) is 19.3 Å². The van der Waals surface area contributed by atoms with Crippen molar-refractivity contribution in [2.75, 3.05) is 7.11 Å². The maximum atomic E-state index is 12.8. The Balaban J connectivity index is 2.28. The van der Waals surface area contributed by atoms with E-state index in [-0.39, 0.29) is 37.4 Å². The summed E-state index contributed by atoms with van der Waals surface area (Å²) in [4.78, 5) is 22.2. The van der Waals surface area contributed by atoms with E-state index in [0.717, 1.165) is 0 Å². The minimum absolute atomic E-state index is 0.00298. The van der Waals surface area contributed by atoms with Gasteiger partial charge in [0.2, 0.25) is 5.92 Å². The Morgan fingerprint density at radius 3 is 2.38 bits per heavy atom. The van der Waals surface area contributed by atoms with Crippen molar-refractivity contribution in [3.05, 3.63) is 0 Å². The first-order valence-corrected chi connectivity index (χ1v) is 5.39. The van der Waals surface area contributed by atoms with Gasteiger partial charge in [-0.25, -0.2) is 8.78 Å². The largest absolute Gasteiger partial charge is 0.469 e. The summed E-state index contributed by atoms with van der Waals surface area (Å²) in [6.45, 7) is 0. The van der Waals surface area contributed by atoms with E-state index in [0.29, 0.717) is 12.8 Å². The van der Waals surface area contributed by atoms with Crippen molar-refractivity contribution in [1.29, 1.82) is 0 Å². The van der Waals surface area contributed by atoms with Gasteiger partial charge in [-0.15, -0.1) is 0 Å².